The molecule has 1 atom stereocenters. The molecule has 1 aliphatic heterocycles. The second-order valence-corrected chi connectivity index (χ2v) is 5.57. The highest BCUT2D eigenvalue weighted by Gasteiger charge is 2.23. The van der Waals surface area contributed by atoms with E-state index in [0.717, 1.165) is 32.4 Å². The molecule has 21 heavy (non-hydrogen) atoms. The number of nitrogens with zero attached hydrogens (tertiary/aromatic N) is 1. The number of hydrogen-bond donors (Lipinski definition) is 2. The zero-order chi connectivity index (χ0) is 15.1. The van der Waals surface area contributed by atoms with Crippen LogP contribution >= 0.6 is 0 Å². The van der Waals surface area contributed by atoms with Crippen molar-refractivity contribution in [3.8, 4) is 0 Å². The summed E-state index contributed by atoms with van der Waals surface area (Å²) in [6.45, 7) is 2.31. The molecule has 0 spiro atoms. The van der Waals surface area contributed by atoms with Crippen molar-refractivity contribution in [1.82, 2.24) is 10.2 Å². The summed E-state index contributed by atoms with van der Waals surface area (Å²) in [7, 11) is 1.95. The Kier molecular flexibility index (Phi) is 6.14. The number of nitrogens with one attached hydrogen (secondary N) is 2. The third-order valence-electron chi connectivity index (χ3n) is 3.93. The summed E-state index contributed by atoms with van der Waals surface area (Å²) in [5.74, 6) is -0.408. The number of piperidine rings is 1. The van der Waals surface area contributed by atoms with Crippen molar-refractivity contribution in [3.63, 3.8) is 0 Å². The molecule has 1 heterocycles. The third kappa shape index (κ3) is 5.10. The second-order valence-electron chi connectivity index (χ2n) is 5.57. The fourth-order valence-corrected chi connectivity index (χ4v) is 2.86. The van der Waals surface area contributed by atoms with Gasteiger partial charge in [0.05, 0.1) is 6.54 Å². The smallest absolute Gasteiger partial charge is 0.238 e. The summed E-state index contributed by atoms with van der Waals surface area (Å²) in [5, 5.41) is 5.94. The summed E-state index contributed by atoms with van der Waals surface area (Å²) in [6.07, 6.45) is 4.58. The van der Waals surface area contributed by atoms with Gasteiger partial charge in [0.2, 0.25) is 5.91 Å². The molecule has 1 aromatic rings. The largest absolute Gasteiger partial charge is 0.325 e. The molecule has 1 aliphatic rings. The van der Waals surface area contributed by atoms with E-state index in [2.05, 4.69) is 15.5 Å². The van der Waals surface area contributed by atoms with Crippen LogP contribution in [0.4, 0.5) is 10.1 Å². The van der Waals surface area contributed by atoms with Gasteiger partial charge in [-0.25, -0.2) is 4.39 Å². The highest BCUT2D eigenvalue weighted by Crippen LogP contribution is 2.19. The lowest BCUT2D eigenvalue weighted by Gasteiger charge is -2.35. The topological polar surface area (TPSA) is 44.4 Å². The van der Waals surface area contributed by atoms with Gasteiger partial charge in [-0.1, -0.05) is 12.5 Å². The maximum Gasteiger partial charge on any atom is 0.238 e. The van der Waals surface area contributed by atoms with E-state index in [-0.39, 0.29) is 11.7 Å². The average Bonchev–Trinajstić information content (AvgIpc) is 2.46. The van der Waals surface area contributed by atoms with Gasteiger partial charge in [-0.2, -0.15) is 0 Å². The van der Waals surface area contributed by atoms with E-state index in [1.807, 2.05) is 7.05 Å². The van der Waals surface area contributed by atoms with Gasteiger partial charge in [-0.05, 0) is 57.6 Å². The molecule has 4 nitrogen and oxygen atoms in total. The van der Waals surface area contributed by atoms with E-state index in [1.54, 1.807) is 12.1 Å². The van der Waals surface area contributed by atoms with Crippen molar-refractivity contribution in [2.45, 2.75) is 31.7 Å². The van der Waals surface area contributed by atoms with Gasteiger partial charge in [-0.3, -0.25) is 9.69 Å². The van der Waals surface area contributed by atoms with Gasteiger partial charge in [0.25, 0.3) is 0 Å². The maximum absolute atomic E-state index is 13.1. The Morgan fingerprint density at radius 3 is 3.05 bits per heavy atom. The van der Waals surface area contributed by atoms with Crippen LogP contribution in [0.5, 0.6) is 0 Å². The molecule has 1 aromatic carbocycles. The normalized spacial score (nSPS) is 19.4. The maximum atomic E-state index is 13.1. The molecule has 0 bridgehead atoms. The van der Waals surface area contributed by atoms with E-state index in [0.29, 0.717) is 18.3 Å². The van der Waals surface area contributed by atoms with E-state index in [9.17, 15) is 9.18 Å². The molecule has 1 amide bonds. The summed E-state index contributed by atoms with van der Waals surface area (Å²) in [6, 6.07) is 6.47. The van der Waals surface area contributed by atoms with Crippen LogP contribution in [-0.2, 0) is 4.79 Å². The first-order valence-corrected chi connectivity index (χ1v) is 7.63. The highest BCUT2D eigenvalue weighted by molar-refractivity contribution is 5.92. The summed E-state index contributed by atoms with van der Waals surface area (Å²) in [4.78, 5) is 14.4. The second kappa shape index (κ2) is 8.10. The fourth-order valence-electron chi connectivity index (χ4n) is 2.86. The minimum atomic E-state index is -0.335. The molecule has 116 valence electrons. The van der Waals surface area contributed by atoms with Crippen molar-refractivity contribution in [3.05, 3.63) is 30.1 Å². The van der Waals surface area contributed by atoms with Crippen molar-refractivity contribution in [2.75, 3.05) is 32.0 Å². The van der Waals surface area contributed by atoms with Gasteiger partial charge >= 0.3 is 0 Å². The van der Waals surface area contributed by atoms with E-state index >= 15 is 0 Å². The molecule has 0 aromatic heterocycles. The molecule has 0 aliphatic carbocycles. The molecule has 1 unspecified atom stereocenters. The molecule has 5 heteroatoms. The Bertz CT molecular complexity index is 467. The fraction of sp³-hybridized carbons (Fsp3) is 0.562. The van der Waals surface area contributed by atoms with Gasteiger partial charge in [-0.15, -0.1) is 0 Å². The first kappa shape index (κ1) is 15.9. The molecule has 2 N–H and O–H groups in total. The molecular weight excluding hydrogens is 269 g/mol. The lowest BCUT2D eigenvalue weighted by Crippen LogP contribution is -2.44. The molecule has 0 radical (unpaired) electrons. The zero-order valence-electron chi connectivity index (χ0n) is 12.6. The van der Waals surface area contributed by atoms with Crippen LogP contribution < -0.4 is 10.6 Å². The first-order valence-electron chi connectivity index (χ1n) is 7.63. The number of amides is 1. The van der Waals surface area contributed by atoms with Crippen LogP contribution in [-0.4, -0.2) is 43.5 Å². The lowest BCUT2D eigenvalue weighted by atomic mass is 9.99. The monoisotopic (exact) mass is 293 g/mol. The Morgan fingerprint density at radius 2 is 2.29 bits per heavy atom. The van der Waals surface area contributed by atoms with Gasteiger partial charge in [0.15, 0.2) is 0 Å². The molecule has 1 fully saturated rings. The van der Waals surface area contributed by atoms with Crippen LogP contribution in [0.15, 0.2) is 24.3 Å². The van der Waals surface area contributed by atoms with Gasteiger partial charge in [0, 0.05) is 11.7 Å². The van der Waals surface area contributed by atoms with Crippen molar-refractivity contribution < 1.29 is 9.18 Å². The Labute approximate surface area is 125 Å². The molecule has 2 rings (SSSR count). The van der Waals surface area contributed by atoms with Crippen LogP contribution in [0.3, 0.4) is 0 Å². The predicted octanol–water partition coefficient (Wildman–Crippen LogP) is 2.23. The van der Waals surface area contributed by atoms with Crippen molar-refractivity contribution in [1.29, 1.82) is 0 Å². The summed E-state index contributed by atoms with van der Waals surface area (Å²) >= 11 is 0. The minimum Gasteiger partial charge on any atom is -0.325 e. The van der Waals surface area contributed by atoms with Crippen LogP contribution in [0.1, 0.15) is 25.7 Å². The number of carbonyl (C=O) groups excluding carboxylic acids is 1. The number of likely N-dealkylation sites (tertiary alicyclic amines) is 1. The van der Waals surface area contributed by atoms with E-state index < -0.39 is 0 Å². The Morgan fingerprint density at radius 1 is 1.43 bits per heavy atom. The van der Waals surface area contributed by atoms with Crippen LogP contribution in [0.2, 0.25) is 0 Å². The number of rotatable bonds is 6. The lowest BCUT2D eigenvalue weighted by molar-refractivity contribution is -0.118. The summed E-state index contributed by atoms with van der Waals surface area (Å²) in [5.41, 5.74) is 0.517. The number of halogens is 1. The van der Waals surface area contributed by atoms with Gasteiger partial charge < -0.3 is 10.6 Å². The highest BCUT2D eigenvalue weighted by atomic mass is 19.1. The minimum absolute atomic E-state index is 0.0723. The third-order valence-corrected chi connectivity index (χ3v) is 3.93. The first-order chi connectivity index (χ1) is 10.2. The van der Waals surface area contributed by atoms with Crippen molar-refractivity contribution in [2.24, 2.45) is 0 Å². The zero-order valence-corrected chi connectivity index (χ0v) is 12.6. The molecule has 0 saturated carbocycles. The molecule has 1 saturated heterocycles. The standard InChI is InChI=1S/C16H24FN3O/c1-18-9-8-15-7-2-3-10-20(15)12-16(21)19-14-6-4-5-13(17)11-14/h4-6,11,15,18H,2-3,7-10,12H2,1H3,(H,19,21). The van der Waals surface area contributed by atoms with Crippen molar-refractivity contribution >= 4 is 11.6 Å². The number of anilines is 1. The Balaban J connectivity index is 1.87. The molecular formula is C16H24FN3O. The number of hydrogen-bond acceptors (Lipinski definition) is 3. The quantitative estimate of drug-likeness (QED) is 0.845. The number of carbonyl (C=O) groups is 1. The SMILES string of the molecule is CNCCC1CCCCN1CC(=O)Nc1cccc(F)c1. The van der Waals surface area contributed by atoms with Crippen LogP contribution in [0, 0.1) is 5.82 Å². The average molecular weight is 293 g/mol. The Hall–Kier alpha value is -1.46. The predicted molar refractivity (Wildman–Crippen MR) is 82.8 cm³/mol. The van der Waals surface area contributed by atoms with E-state index in [4.69, 9.17) is 0 Å². The van der Waals surface area contributed by atoms with E-state index in [1.165, 1.54) is 18.6 Å². The summed E-state index contributed by atoms with van der Waals surface area (Å²) < 4.78 is 13.1. The van der Waals surface area contributed by atoms with Gasteiger partial charge in [0.1, 0.15) is 5.82 Å². The number of benzene rings is 1. The van der Waals surface area contributed by atoms with Crippen LogP contribution in [0.25, 0.3) is 0 Å².